The maximum atomic E-state index is 14.5. The number of benzene rings is 1. The van der Waals surface area contributed by atoms with Crippen LogP contribution >= 0.6 is 11.3 Å². The summed E-state index contributed by atoms with van der Waals surface area (Å²) >= 11 is 1.10. The third-order valence-electron chi connectivity index (χ3n) is 10.9. The fourth-order valence-electron chi connectivity index (χ4n) is 7.14. The first-order valence-corrected chi connectivity index (χ1v) is 21.4. The maximum absolute atomic E-state index is 14.5. The number of rotatable bonds is 12. The summed E-state index contributed by atoms with van der Waals surface area (Å²) in [5.74, 6) is -2.07. The highest BCUT2D eigenvalue weighted by Crippen LogP contribution is 2.65. The van der Waals surface area contributed by atoms with Crippen molar-refractivity contribution in [2.24, 2.45) is 28.1 Å². The molecule has 4 N–H and O–H groups in total. The van der Waals surface area contributed by atoms with E-state index in [1.54, 1.807) is 38.3 Å². The highest BCUT2D eigenvalue weighted by atomic mass is 32.2. The van der Waals surface area contributed by atoms with Gasteiger partial charge in [0, 0.05) is 26.2 Å². The van der Waals surface area contributed by atoms with Crippen molar-refractivity contribution in [2.45, 2.75) is 101 Å². The molecule has 292 valence electrons. The topological polar surface area (TPSA) is 191 Å². The van der Waals surface area contributed by atoms with Gasteiger partial charge in [-0.2, -0.15) is 4.31 Å². The van der Waals surface area contributed by atoms with Gasteiger partial charge < -0.3 is 20.9 Å². The number of thiophene rings is 1. The van der Waals surface area contributed by atoms with Crippen molar-refractivity contribution >= 4 is 55.1 Å². The second-order valence-corrected chi connectivity index (χ2v) is 22.2. The monoisotopic (exact) mass is 792 g/mol. The van der Waals surface area contributed by atoms with Crippen molar-refractivity contribution in [1.82, 2.24) is 29.9 Å². The molecule has 1 unspecified atom stereocenters. The van der Waals surface area contributed by atoms with Crippen LogP contribution in [-0.2, 0) is 34.4 Å². The molecule has 0 radical (unpaired) electrons. The normalized spacial score (nSPS) is 23.0. The van der Waals surface area contributed by atoms with E-state index >= 15 is 0 Å². The molecule has 0 spiro atoms. The molecule has 2 aliphatic carbocycles. The minimum Gasteiger partial charge on any atom is -0.340 e. The van der Waals surface area contributed by atoms with E-state index in [4.69, 9.17) is 0 Å². The Morgan fingerprint density at radius 2 is 1.55 bits per heavy atom. The van der Waals surface area contributed by atoms with Crippen LogP contribution in [0.4, 0.5) is 4.79 Å². The lowest BCUT2D eigenvalue weighted by atomic mass is 9.85. The molecule has 1 aromatic heterocycles. The molecular weight excluding hydrogens is 741 g/mol. The summed E-state index contributed by atoms with van der Waals surface area (Å²) in [6.07, 6.45) is 0.469. The van der Waals surface area contributed by atoms with E-state index in [0.29, 0.717) is 0 Å². The Labute approximate surface area is 316 Å². The molecule has 1 saturated heterocycles. The fraction of sp³-hybridized carbons (Fsp3) is 0.611. The minimum atomic E-state index is -4.18. The molecular formula is C36H52N6O8S3. The van der Waals surface area contributed by atoms with Crippen LogP contribution in [0.1, 0.15) is 68.2 Å². The Balaban J connectivity index is 1.31. The van der Waals surface area contributed by atoms with E-state index in [1.807, 2.05) is 34.6 Å². The second kappa shape index (κ2) is 13.9. The molecule has 5 rings (SSSR count). The Hall–Kier alpha value is -3.54. The van der Waals surface area contributed by atoms with Gasteiger partial charge in [0.05, 0.1) is 4.90 Å². The van der Waals surface area contributed by atoms with Crippen molar-refractivity contribution < 1.29 is 36.0 Å². The summed E-state index contributed by atoms with van der Waals surface area (Å²) in [4.78, 5) is 57.0. The molecule has 5 amide bonds. The predicted molar refractivity (Wildman–Crippen MR) is 200 cm³/mol. The highest BCUT2D eigenvalue weighted by molar-refractivity contribution is 7.91. The van der Waals surface area contributed by atoms with Crippen molar-refractivity contribution in [3.8, 4) is 0 Å². The summed E-state index contributed by atoms with van der Waals surface area (Å²) in [5, 5.41) is 10.2. The Morgan fingerprint density at radius 1 is 0.925 bits per heavy atom. The van der Waals surface area contributed by atoms with E-state index in [0.717, 1.165) is 11.3 Å². The van der Waals surface area contributed by atoms with E-state index in [-0.39, 0.29) is 52.3 Å². The zero-order valence-corrected chi connectivity index (χ0v) is 34.2. The summed E-state index contributed by atoms with van der Waals surface area (Å²) in [7, 11) is -6.51. The Bertz CT molecular complexity index is 1950. The molecule has 2 saturated carbocycles. The lowest BCUT2D eigenvalue weighted by Gasteiger charge is -2.39. The number of urea groups is 1. The number of hydrogen-bond donors (Lipinski definition) is 4. The lowest BCUT2D eigenvalue weighted by molar-refractivity contribution is -0.144. The maximum Gasteiger partial charge on any atom is 0.315 e. The van der Waals surface area contributed by atoms with E-state index < -0.39 is 78.3 Å². The van der Waals surface area contributed by atoms with Gasteiger partial charge in [0.15, 0.2) is 0 Å². The molecule has 14 nitrogen and oxygen atoms in total. The van der Waals surface area contributed by atoms with Crippen molar-refractivity contribution in [1.29, 1.82) is 0 Å². The first-order chi connectivity index (χ1) is 24.3. The lowest BCUT2D eigenvalue weighted by Crippen LogP contribution is -2.63. The molecule has 53 heavy (non-hydrogen) atoms. The molecule has 2 aromatic rings. The van der Waals surface area contributed by atoms with Crippen molar-refractivity contribution in [3.05, 3.63) is 47.8 Å². The van der Waals surface area contributed by atoms with Gasteiger partial charge in [0.25, 0.3) is 26.0 Å². The third kappa shape index (κ3) is 8.27. The zero-order chi connectivity index (χ0) is 39.5. The number of piperidine rings is 1. The number of nitrogens with zero attached hydrogens (tertiary/aromatic N) is 2. The average molecular weight is 793 g/mol. The van der Waals surface area contributed by atoms with Crippen LogP contribution in [0.2, 0.25) is 0 Å². The fourth-order valence-corrected chi connectivity index (χ4v) is 10.6. The minimum absolute atomic E-state index is 0.00480. The van der Waals surface area contributed by atoms with Crippen molar-refractivity contribution in [2.75, 3.05) is 20.1 Å². The highest BCUT2D eigenvalue weighted by Gasteiger charge is 2.70. The standard InChI is InChI=1S/C36H52N6O8S3/c1-33(2,3)24(21-41(9)53(49,50)25-16-13-19-51-25)37-32(46)38-28(34(4,5)6)30(44)42-20-23-26(35(23,7)8)27(42)29(43)39-36(17-18-36)31(45)40-52(47,48)22-14-11-10-12-15-22/h10-16,19,23-24,26-28H,17-18,20-21H2,1-9H3,(H,39,43)(H,40,45)(H2,37,38,46)/t23-,24+,26-,27-,28?/m0/s1. The van der Waals surface area contributed by atoms with Gasteiger partial charge in [0.1, 0.15) is 21.8 Å². The molecule has 2 heterocycles. The van der Waals surface area contributed by atoms with Gasteiger partial charge in [-0.1, -0.05) is 79.7 Å². The molecule has 1 aliphatic heterocycles. The van der Waals surface area contributed by atoms with Gasteiger partial charge in [-0.25, -0.2) is 26.4 Å². The number of amides is 5. The van der Waals surface area contributed by atoms with E-state index in [1.165, 1.54) is 46.6 Å². The average Bonchev–Trinajstić information content (AvgIpc) is 3.68. The predicted octanol–water partition coefficient (Wildman–Crippen LogP) is 3.13. The molecule has 1 aromatic carbocycles. The number of likely N-dealkylation sites (tertiary alicyclic amines) is 1. The molecule has 3 fully saturated rings. The number of carbonyl (C=O) groups is 4. The summed E-state index contributed by atoms with van der Waals surface area (Å²) in [5.41, 5.74) is -3.07. The van der Waals surface area contributed by atoms with E-state index in [2.05, 4.69) is 20.7 Å². The van der Waals surface area contributed by atoms with Crippen LogP contribution in [0, 0.1) is 28.1 Å². The van der Waals surface area contributed by atoms with Gasteiger partial charge in [0.2, 0.25) is 11.8 Å². The smallest absolute Gasteiger partial charge is 0.315 e. The number of carbonyl (C=O) groups excluding carboxylic acids is 4. The summed E-state index contributed by atoms with van der Waals surface area (Å²) in [6.45, 7) is 15.3. The van der Waals surface area contributed by atoms with Crippen LogP contribution in [0.25, 0.3) is 0 Å². The summed E-state index contributed by atoms with van der Waals surface area (Å²) in [6, 6.07) is 7.29. The Morgan fingerprint density at radius 3 is 2.08 bits per heavy atom. The SMILES string of the molecule is CN(C[C@@H](NC(=O)NC(C(=O)N1C[C@H]2[C@@H]([C@H]1C(=O)NC1(C(=O)NS(=O)(=O)c3ccccc3)CC1)C2(C)C)C(C)(C)C)C(C)(C)C)S(=O)(=O)c1cccs1. The molecule has 5 atom stereocenters. The number of hydrogen-bond acceptors (Lipinski definition) is 9. The second-order valence-electron chi connectivity index (χ2n) is 17.3. The van der Waals surface area contributed by atoms with Crippen LogP contribution in [0.5, 0.6) is 0 Å². The van der Waals surface area contributed by atoms with Crippen LogP contribution in [-0.4, -0.2) is 93.6 Å². The molecule has 0 bridgehead atoms. The summed E-state index contributed by atoms with van der Waals surface area (Å²) < 4.78 is 55.6. The Kier molecular flexibility index (Phi) is 10.7. The molecule has 3 aliphatic rings. The van der Waals surface area contributed by atoms with Gasteiger partial charge in [-0.3, -0.25) is 14.4 Å². The number of fused-ring (bicyclic) bond motifs is 1. The molecule has 17 heteroatoms. The van der Waals surface area contributed by atoms with Crippen LogP contribution in [0.3, 0.4) is 0 Å². The quantitative estimate of drug-likeness (QED) is 0.252. The number of likely N-dealkylation sites (N-methyl/N-ethyl adjacent to an activating group) is 1. The number of sulfonamides is 2. The largest absolute Gasteiger partial charge is 0.340 e. The van der Waals surface area contributed by atoms with Crippen molar-refractivity contribution in [3.63, 3.8) is 0 Å². The first kappa shape index (κ1) is 40.6. The zero-order valence-electron chi connectivity index (χ0n) is 31.7. The van der Waals surface area contributed by atoms with Gasteiger partial charge in [-0.05, 0) is 64.5 Å². The first-order valence-electron chi connectivity index (χ1n) is 17.6. The van der Waals surface area contributed by atoms with Crippen LogP contribution in [0.15, 0.2) is 56.9 Å². The van der Waals surface area contributed by atoms with Gasteiger partial charge in [-0.15, -0.1) is 11.3 Å². The van der Waals surface area contributed by atoms with Gasteiger partial charge >= 0.3 is 6.03 Å². The van der Waals surface area contributed by atoms with E-state index in [9.17, 15) is 36.0 Å². The van der Waals surface area contributed by atoms with Crippen LogP contribution < -0.4 is 20.7 Å². The third-order valence-corrected chi connectivity index (χ3v) is 15.5. The number of nitrogens with one attached hydrogen (secondary N) is 4.